The first-order valence-electron chi connectivity index (χ1n) is 7.62. The van der Waals surface area contributed by atoms with Gasteiger partial charge < -0.3 is 4.74 Å². The molecule has 2 rings (SSSR count). The van der Waals surface area contributed by atoms with Crippen LogP contribution in [0.2, 0.25) is 0 Å². The summed E-state index contributed by atoms with van der Waals surface area (Å²) in [5, 5.41) is 0. The van der Waals surface area contributed by atoms with Crippen LogP contribution in [-0.2, 0) is 14.3 Å². The second kappa shape index (κ2) is 9.10. The quantitative estimate of drug-likeness (QED) is 0.297. The summed E-state index contributed by atoms with van der Waals surface area (Å²) in [6.07, 6.45) is 2.79. The molecule has 0 saturated heterocycles. The van der Waals surface area contributed by atoms with Crippen molar-refractivity contribution in [3.8, 4) is 5.75 Å². The standard InChI is InChI=1S/C18H19NO5S/c1-25(21,22)24-14-13-23-17-9-7-16(8-10-17)19-12-11-18(20)15-5-3-2-4-6-15/h2-10,12H,11,13-14H2,1H3. The Kier molecular flexibility index (Phi) is 6.85. The normalized spacial score (nSPS) is 11.6. The van der Waals surface area contributed by atoms with Crippen molar-refractivity contribution < 1.29 is 22.1 Å². The molecule has 0 bridgehead atoms. The van der Waals surface area contributed by atoms with Gasteiger partial charge in [-0.15, -0.1) is 0 Å². The highest BCUT2D eigenvalue weighted by Gasteiger charge is 2.03. The Morgan fingerprint density at radius 1 is 1.04 bits per heavy atom. The molecule has 0 aliphatic heterocycles. The summed E-state index contributed by atoms with van der Waals surface area (Å²) in [7, 11) is -3.45. The lowest BCUT2D eigenvalue weighted by molar-refractivity contribution is 0.100. The van der Waals surface area contributed by atoms with Crippen molar-refractivity contribution in [1.82, 2.24) is 0 Å². The van der Waals surface area contributed by atoms with E-state index in [4.69, 9.17) is 4.74 Å². The average Bonchev–Trinajstić information content (AvgIpc) is 2.60. The first-order chi connectivity index (χ1) is 11.9. The van der Waals surface area contributed by atoms with Crippen LogP contribution in [0.3, 0.4) is 0 Å². The van der Waals surface area contributed by atoms with E-state index in [-0.39, 0.29) is 25.4 Å². The number of Topliss-reactive ketones (excluding diaryl/α,β-unsaturated/α-hetero) is 1. The van der Waals surface area contributed by atoms with Gasteiger partial charge in [-0.25, -0.2) is 0 Å². The lowest BCUT2D eigenvalue weighted by Crippen LogP contribution is -2.11. The van der Waals surface area contributed by atoms with Crippen LogP contribution in [-0.4, -0.2) is 39.9 Å². The number of carbonyl (C=O) groups excluding carboxylic acids is 1. The molecule has 132 valence electrons. The third kappa shape index (κ3) is 7.28. The second-order valence-electron chi connectivity index (χ2n) is 5.17. The molecule has 0 amide bonds. The van der Waals surface area contributed by atoms with Crippen LogP contribution < -0.4 is 4.74 Å². The van der Waals surface area contributed by atoms with Crippen LogP contribution in [0.15, 0.2) is 59.6 Å². The number of aliphatic imine (C=N–C) groups is 1. The number of benzene rings is 2. The maximum absolute atomic E-state index is 11.9. The van der Waals surface area contributed by atoms with Crippen molar-refractivity contribution in [2.75, 3.05) is 19.5 Å². The number of hydrogen-bond donors (Lipinski definition) is 0. The summed E-state index contributed by atoms with van der Waals surface area (Å²) in [4.78, 5) is 16.2. The average molecular weight is 361 g/mol. The van der Waals surface area contributed by atoms with E-state index in [2.05, 4.69) is 9.18 Å². The smallest absolute Gasteiger partial charge is 0.264 e. The summed E-state index contributed by atoms with van der Waals surface area (Å²) in [6.45, 7) is 0.0849. The van der Waals surface area contributed by atoms with Gasteiger partial charge in [0.25, 0.3) is 10.1 Å². The van der Waals surface area contributed by atoms with E-state index in [0.29, 0.717) is 17.0 Å². The van der Waals surface area contributed by atoms with E-state index in [0.717, 1.165) is 6.26 Å². The van der Waals surface area contributed by atoms with Crippen molar-refractivity contribution >= 4 is 27.8 Å². The molecule has 0 spiro atoms. The zero-order valence-corrected chi connectivity index (χ0v) is 14.6. The molecule has 6 nitrogen and oxygen atoms in total. The molecular formula is C18H19NO5S. The van der Waals surface area contributed by atoms with Gasteiger partial charge in [0.2, 0.25) is 0 Å². The van der Waals surface area contributed by atoms with Gasteiger partial charge in [-0.3, -0.25) is 14.0 Å². The highest BCUT2D eigenvalue weighted by atomic mass is 32.2. The minimum atomic E-state index is -3.45. The summed E-state index contributed by atoms with van der Waals surface area (Å²) in [5.41, 5.74) is 1.36. The Morgan fingerprint density at radius 2 is 1.72 bits per heavy atom. The summed E-state index contributed by atoms with van der Waals surface area (Å²) in [5.74, 6) is 0.589. The lowest BCUT2D eigenvalue weighted by atomic mass is 10.1. The van der Waals surface area contributed by atoms with E-state index in [1.165, 1.54) is 0 Å². The number of ketones is 1. The van der Waals surface area contributed by atoms with Crippen molar-refractivity contribution in [2.45, 2.75) is 6.42 Å². The number of ether oxygens (including phenoxy) is 1. The van der Waals surface area contributed by atoms with E-state index in [9.17, 15) is 13.2 Å². The topological polar surface area (TPSA) is 82.0 Å². The van der Waals surface area contributed by atoms with Crippen molar-refractivity contribution in [1.29, 1.82) is 0 Å². The van der Waals surface area contributed by atoms with Gasteiger partial charge in [0, 0.05) is 18.2 Å². The SMILES string of the molecule is CS(=O)(=O)OCCOc1ccc(N=CCC(=O)c2ccccc2)cc1. The highest BCUT2D eigenvalue weighted by Crippen LogP contribution is 2.18. The van der Waals surface area contributed by atoms with Gasteiger partial charge in [-0.05, 0) is 24.3 Å². The van der Waals surface area contributed by atoms with Gasteiger partial charge in [-0.1, -0.05) is 30.3 Å². The van der Waals surface area contributed by atoms with Crippen LogP contribution in [0, 0.1) is 0 Å². The molecule has 0 aliphatic rings. The first-order valence-corrected chi connectivity index (χ1v) is 9.44. The van der Waals surface area contributed by atoms with Gasteiger partial charge in [0.1, 0.15) is 19.0 Å². The molecular weight excluding hydrogens is 342 g/mol. The molecule has 0 aliphatic carbocycles. The predicted octanol–water partition coefficient (Wildman–Crippen LogP) is 3.02. The summed E-state index contributed by atoms with van der Waals surface area (Å²) in [6, 6.07) is 16.0. The number of rotatable bonds is 9. The summed E-state index contributed by atoms with van der Waals surface area (Å²) < 4.78 is 31.6. The molecule has 0 fully saturated rings. The van der Waals surface area contributed by atoms with Gasteiger partial charge in [0.15, 0.2) is 5.78 Å². The van der Waals surface area contributed by atoms with E-state index in [1.54, 1.807) is 42.6 Å². The largest absolute Gasteiger partial charge is 0.491 e. The van der Waals surface area contributed by atoms with Crippen molar-refractivity contribution in [3.63, 3.8) is 0 Å². The highest BCUT2D eigenvalue weighted by molar-refractivity contribution is 7.85. The van der Waals surface area contributed by atoms with E-state index in [1.807, 2.05) is 18.2 Å². The maximum atomic E-state index is 11.9. The molecule has 0 heterocycles. The number of hydrogen-bond acceptors (Lipinski definition) is 6. The fraction of sp³-hybridized carbons (Fsp3) is 0.222. The summed E-state index contributed by atoms with van der Waals surface area (Å²) >= 11 is 0. The van der Waals surface area contributed by atoms with Gasteiger partial charge >= 0.3 is 0 Å². The fourth-order valence-electron chi connectivity index (χ4n) is 1.95. The zero-order valence-electron chi connectivity index (χ0n) is 13.8. The Bertz CT molecular complexity index is 814. The van der Waals surface area contributed by atoms with Crippen LogP contribution in [0.5, 0.6) is 5.75 Å². The first kappa shape index (κ1) is 18.8. The van der Waals surface area contributed by atoms with E-state index >= 15 is 0 Å². The second-order valence-corrected chi connectivity index (χ2v) is 6.82. The molecule has 0 saturated carbocycles. The van der Waals surface area contributed by atoms with E-state index < -0.39 is 10.1 Å². The maximum Gasteiger partial charge on any atom is 0.264 e. The third-order valence-corrected chi connectivity index (χ3v) is 3.69. The number of carbonyl (C=O) groups is 1. The monoisotopic (exact) mass is 361 g/mol. The Morgan fingerprint density at radius 3 is 2.36 bits per heavy atom. The lowest BCUT2D eigenvalue weighted by Gasteiger charge is -2.06. The van der Waals surface area contributed by atoms with Gasteiger partial charge in [-0.2, -0.15) is 8.42 Å². The molecule has 0 aromatic heterocycles. The molecule has 0 unspecified atom stereocenters. The minimum Gasteiger partial charge on any atom is -0.491 e. The molecule has 2 aromatic carbocycles. The van der Waals surface area contributed by atoms with Gasteiger partial charge in [0.05, 0.1) is 11.9 Å². The van der Waals surface area contributed by atoms with Crippen molar-refractivity contribution in [2.24, 2.45) is 4.99 Å². The van der Waals surface area contributed by atoms with Crippen LogP contribution in [0.25, 0.3) is 0 Å². The Labute approximate surface area is 147 Å². The number of nitrogens with zero attached hydrogens (tertiary/aromatic N) is 1. The molecule has 2 aromatic rings. The Hall–Kier alpha value is -2.51. The predicted molar refractivity (Wildman–Crippen MR) is 96.3 cm³/mol. The molecule has 0 atom stereocenters. The molecule has 7 heteroatoms. The van der Waals surface area contributed by atoms with Crippen molar-refractivity contribution in [3.05, 3.63) is 60.2 Å². The molecule has 0 N–H and O–H groups in total. The molecule has 0 radical (unpaired) electrons. The molecule has 25 heavy (non-hydrogen) atoms. The minimum absolute atomic E-state index is 0.00943. The Balaban J connectivity index is 1.79. The zero-order chi connectivity index (χ0) is 18.1. The van der Waals surface area contributed by atoms with Crippen LogP contribution in [0.4, 0.5) is 5.69 Å². The third-order valence-electron chi connectivity index (χ3n) is 3.10. The van der Waals surface area contributed by atoms with Crippen LogP contribution in [0.1, 0.15) is 16.8 Å². The van der Waals surface area contributed by atoms with Crippen LogP contribution >= 0.6 is 0 Å². The fourth-order valence-corrected chi connectivity index (χ4v) is 2.32.